The van der Waals surface area contributed by atoms with Crippen LogP contribution < -0.4 is 11.2 Å². The highest BCUT2D eigenvalue weighted by molar-refractivity contribution is 4.91. The van der Waals surface area contributed by atoms with Crippen LogP contribution in [-0.2, 0) is 9.47 Å². The Balaban J connectivity index is 2.60. The van der Waals surface area contributed by atoms with Crippen LogP contribution >= 0.6 is 0 Å². The summed E-state index contributed by atoms with van der Waals surface area (Å²) in [7, 11) is 1.72. The van der Waals surface area contributed by atoms with Gasteiger partial charge in [0.2, 0.25) is 0 Å². The molecule has 5 heteroatoms. The summed E-state index contributed by atoms with van der Waals surface area (Å²) < 4.78 is 10.6. The van der Waals surface area contributed by atoms with Crippen molar-refractivity contribution in [2.24, 2.45) is 11.7 Å². The van der Waals surface area contributed by atoms with Gasteiger partial charge < -0.3 is 15.2 Å². The van der Waals surface area contributed by atoms with Gasteiger partial charge in [-0.2, -0.15) is 0 Å². The van der Waals surface area contributed by atoms with Crippen molar-refractivity contribution in [2.75, 3.05) is 46.6 Å². The van der Waals surface area contributed by atoms with Crippen LogP contribution in [0, 0.1) is 5.92 Å². The average molecular weight is 231 g/mol. The predicted molar refractivity (Wildman–Crippen MR) is 64.0 cm³/mol. The molecule has 0 saturated carbocycles. The van der Waals surface area contributed by atoms with E-state index in [1.54, 1.807) is 7.11 Å². The van der Waals surface area contributed by atoms with Gasteiger partial charge in [-0.25, -0.2) is 10.4 Å². The van der Waals surface area contributed by atoms with Crippen LogP contribution in [0.25, 0.3) is 0 Å². The molecule has 1 unspecified atom stereocenters. The zero-order chi connectivity index (χ0) is 12.0. The molecule has 0 amide bonds. The fraction of sp³-hybridized carbons (Fsp3) is 1.00. The van der Waals surface area contributed by atoms with Crippen molar-refractivity contribution in [1.82, 2.24) is 10.4 Å². The molecule has 0 aromatic carbocycles. The Bertz CT molecular complexity index is 196. The molecule has 0 aliphatic carbocycles. The molecule has 1 atom stereocenters. The lowest BCUT2D eigenvalue weighted by Gasteiger charge is -2.42. The van der Waals surface area contributed by atoms with Crippen molar-refractivity contribution >= 4 is 0 Å². The molecule has 0 aromatic heterocycles. The summed E-state index contributed by atoms with van der Waals surface area (Å²) in [6.45, 7) is 8.88. The standard InChI is InChI=1S/C11H25N3O2/c1-10(2)11(8-12,9-15-3)13-14-4-6-16-7-5-14/h10,13H,4-9,12H2,1-3H3. The fourth-order valence-electron chi connectivity index (χ4n) is 1.92. The predicted octanol–water partition coefficient (Wildman–Crippen LogP) is -0.177. The van der Waals surface area contributed by atoms with Crippen molar-refractivity contribution in [1.29, 1.82) is 0 Å². The molecular weight excluding hydrogens is 206 g/mol. The van der Waals surface area contributed by atoms with Crippen LogP contribution in [0.5, 0.6) is 0 Å². The number of ether oxygens (including phenoxy) is 2. The minimum Gasteiger partial charge on any atom is -0.383 e. The maximum atomic E-state index is 5.91. The molecular formula is C11H25N3O2. The third-order valence-corrected chi connectivity index (χ3v) is 3.26. The zero-order valence-electron chi connectivity index (χ0n) is 10.7. The quantitative estimate of drug-likeness (QED) is 0.664. The highest BCUT2D eigenvalue weighted by Crippen LogP contribution is 2.17. The Labute approximate surface area is 98.2 Å². The molecule has 5 nitrogen and oxygen atoms in total. The van der Waals surface area contributed by atoms with E-state index in [1.807, 2.05) is 0 Å². The Morgan fingerprint density at radius 2 is 2.06 bits per heavy atom. The first-order valence-corrected chi connectivity index (χ1v) is 5.94. The summed E-state index contributed by atoms with van der Waals surface area (Å²) in [5.41, 5.74) is 9.26. The van der Waals surface area contributed by atoms with E-state index < -0.39 is 0 Å². The molecule has 0 bridgehead atoms. The second-order valence-electron chi connectivity index (χ2n) is 4.66. The van der Waals surface area contributed by atoms with Gasteiger partial charge in [0.1, 0.15) is 0 Å². The van der Waals surface area contributed by atoms with Gasteiger partial charge in [0.25, 0.3) is 0 Å². The van der Waals surface area contributed by atoms with Gasteiger partial charge in [-0.15, -0.1) is 0 Å². The third-order valence-electron chi connectivity index (χ3n) is 3.26. The molecule has 16 heavy (non-hydrogen) atoms. The van der Waals surface area contributed by atoms with Crippen LogP contribution in [0.2, 0.25) is 0 Å². The molecule has 1 aliphatic rings. The topological polar surface area (TPSA) is 59.8 Å². The Kier molecular flexibility index (Phi) is 5.64. The number of nitrogens with two attached hydrogens (primary N) is 1. The summed E-state index contributed by atoms with van der Waals surface area (Å²) in [6, 6.07) is 0. The van der Waals surface area contributed by atoms with Gasteiger partial charge in [0, 0.05) is 26.7 Å². The van der Waals surface area contributed by atoms with Crippen molar-refractivity contribution in [2.45, 2.75) is 19.4 Å². The summed E-state index contributed by atoms with van der Waals surface area (Å²) in [6.07, 6.45) is 0. The summed E-state index contributed by atoms with van der Waals surface area (Å²) >= 11 is 0. The van der Waals surface area contributed by atoms with Gasteiger partial charge in [0.05, 0.1) is 25.4 Å². The SMILES string of the molecule is COCC(CN)(NN1CCOCC1)C(C)C. The molecule has 0 radical (unpaired) electrons. The van der Waals surface area contributed by atoms with E-state index in [0.717, 1.165) is 26.3 Å². The number of nitrogens with one attached hydrogen (secondary N) is 1. The molecule has 1 fully saturated rings. The molecule has 0 spiro atoms. The second-order valence-corrected chi connectivity index (χ2v) is 4.66. The van der Waals surface area contributed by atoms with E-state index in [0.29, 0.717) is 19.1 Å². The number of hydrogen-bond acceptors (Lipinski definition) is 5. The van der Waals surface area contributed by atoms with Crippen molar-refractivity contribution in [3.8, 4) is 0 Å². The van der Waals surface area contributed by atoms with Crippen LogP contribution in [-0.4, -0.2) is 57.1 Å². The van der Waals surface area contributed by atoms with Crippen LogP contribution in [0.15, 0.2) is 0 Å². The Hall–Kier alpha value is -0.200. The molecule has 1 rings (SSSR count). The first kappa shape index (κ1) is 13.9. The number of hydrazine groups is 1. The number of rotatable bonds is 6. The lowest BCUT2D eigenvalue weighted by atomic mass is 9.88. The fourth-order valence-corrected chi connectivity index (χ4v) is 1.92. The number of methoxy groups -OCH3 is 1. The summed E-state index contributed by atoms with van der Waals surface area (Å²) in [5.74, 6) is 0.417. The average Bonchev–Trinajstić information content (AvgIpc) is 2.29. The molecule has 1 heterocycles. The first-order valence-electron chi connectivity index (χ1n) is 5.94. The second kappa shape index (κ2) is 6.51. The minimum absolute atomic E-state index is 0.175. The molecule has 0 aromatic rings. The monoisotopic (exact) mass is 231 g/mol. The van der Waals surface area contributed by atoms with E-state index in [9.17, 15) is 0 Å². The molecule has 1 aliphatic heterocycles. The van der Waals surface area contributed by atoms with Crippen molar-refractivity contribution in [3.63, 3.8) is 0 Å². The number of nitrogens with zero attached hydrogens (tertiary/aromatic N) is 1. The van der Waals surface area contributed by atoms with E-state index in [2.05, 4.69) is 24.3 Å². The smallest absolute Gasteiger partial charge is 0.0703 e. The van der Waals surface area contributed by atoms with Crippen LogP contribution in [0.1, 0.15) is 13.8 Å². The lowest BCUT2D eigenvalue weighted by molar-refractivity contribution is -0.0394. The van der Waals surface area contributed by atoms with Gasteiger partial charge in [0.15, 0.2) is 0 Å². The zero-order valence-corrected chi connectivity index (χ0v) is 10.7. The van der Waals surface area contributed by atoms with Crippen molar-refractivity contribution in [3.05, 3.63) is 0 Å². The van der Waals surface area contributed by atoms with E-state index in [4.69, 9.17) is 15.2 Å². The van der Waals surface area contributed by atoms with Crippen LogP contribution in [0.3, 0.4) is 0 Å². The van der Waals surface area contributed by atoms with Gasteiger partial charge in [-0.05, 0) is 5.92 Å². The Morgan fingerprint density at radius 3 is 2.50 bits per heavy atom. The Morgan fingerprint density at radius 1 is 1.44 bits per heavy atom. The van der Waals surface area contributed by atoms with Crippen LogP contribution in [0.4, 0.5) is 0 Å². The highest BCUT2D eigenvalue weighted by Gasteiger charge is 2.34. The largest absolute Gasteiger partial charge is 0.383 e. The molecule has 1 saturated heterocycles. The highest BCUT2D eigenvalue weighted by atomic mass is 16.5. The van der Waals surface area contributed by atoms with Gasteiger partial charge >= 0.3 is 0 Å². The lowest BCUT2D eigenvalue weighted by Crippen LogP contribution is -2.65. The van der Waals surface area contributed by atoms with Gasteiger partial charge in [-0.1, -0.05) is 13.8 Å². The van der Waals surface area contributed by atoms with Crippen molar-refractivity contribution < 1.29 is 9.47 Å². The number of morpholine rings is 1. The normalized spacial score (nSPS) is 22.3. The first-order chi connectivity index (χ1) is 7.64. The van der Waals surface area contributed by atoms with Gasteiger partial charge in [-0.3, -0.25) is 0 Å². The minimum atomic E-state index is -0.175. The maximum Gasteiger partial charge on any atom is 0.0703 e. The maximum absolute atomic E-state index is 5.91. The number of hydrogen-bond donors (Lipinski definition) is 2. The van der Waals surface area contributed by atoms with E-state index in [-0.39, 0.29) is 5.54 Å². The van der Waals surface area contributed by atoms with E-state index >= 15 is 0 Å². The molecule has 96 valence electrons. The summed E-state index contributed by atoms with van der Waals surface area (Å²) in [5, 5.41) is 2.19. The molecule has 3 N–H and O–H groups in total. The van der Waals surface area contributed by atoms with E-state index in [1.165, 1.54) is 0 Å². The summed E-state index contributed by atoms with van der Waals surface area (Å²) in [4.78, 5) is 0. The third kappa shape index (κ3) is 3.40.